The van der Waals surface area contributed by atoms with E-state index in [4.69, 9.17) is 0 Å². The Balaban J connectivity index is 1.86. The zero-order valence-electron chi connectivity index (χ0n) is 13.4. The molecule has 0 radical (unpaired) electrons. The van der Waals surface area contributed by atoms with Crippen molar-refractivity contribution in [2.24, 2.45) is 5.92 Å². The summed E-state index contributed by atoms with van der Waals surface area (Å²) in [5, 5.41) is 6.48. The van der Waals surface area contributed by atoms with Crippen molar-refractivity contribution in [3.05, 3.63) is 11.1 Å². The van der Waals surface area contributed by atoms with E-state index in [0.717, 1.165) is 23.3 Å². The van der Waals surface area contributed by atoms with E-state index in [1.165, 1.54) is 32.1 Å². The van der Waals surface area contributed by atoms with Crippen molar-refractivity contribution in [1.82, 2.24) is 10.3 Å². The van der Waals surface area contributed by atoms with E-state index in [9.17, 15) is 4.79 Å². The van der Waals surface area contributed by atoms with Gasteiger partial charge in [-0.25, -0.2) is 4.98 Å². The smallest absolute Gasteiger partial charge is 0.225 e. The van der Waals surface area contributed by atoms with Gasteiger partial charge in [-0.15, -0.1) is 11.3 Å². The molecule has 1 unspecified atom stereocenters. The molecule has 2 rings (SSSR count). The van der Waals surface area contributed by atoms with Gasteiger partial charge in [0.15, 0.2) is 5.13 Å². The molecule has 5 heteroatoms. The second-order valence-electron chi connectivity index (χ2n) is 5.95. The fourth-order valence-corrected chi connectivity index (χ4v) is 3.99. The minimum absolute atomic E-state index is 0.0573. The summed E-state index contributed by atoms with van der Waals surface area (Å²) in [5.41, 5.74) is 1.04. The van der Waals surface area contributed by atoms with E-state index in [1.807, 2.05) is 6.92 Å². The van der Waals surface area contributed by atoms with Gasteiger partial charge in [0.1, 0.15) is 0 Å². The van der Waals surface area contributed by atoms with Gasteiger partial charge in [-0.3, -0.25) is 9.69 Å². The van der Waals surface area contributed by atoms with Gasteiger partial charge in [0.05, 0.1) is 5.69 Å². The van der Waals surface area contributed by atoms with Crippen LogP contribution in [-0.4, -0.2) is 23.5 Å². The van der Waals surface area contributed by atoms with Crippen molar-refractivity contribution >= 4 is 22.4 Å². The van der Waals surface area contributed by atoms with Crippen LogP contribution in [0.25, 0.3) is 0 Å². The quantitative estimate of drug-likeness (QED) is 0.873. The highest BCUT2D eigenvalue weighted by Gasteiger charge is 2.20. The van der Waals surface area contributed by atoms with Crippen LogP contribution < -0.4 is 10.2 Å². The predicted octanol–water partition coefficient (Wildman–Crippen LogP) is 3.57. The second kappa shape index (κ2) is 7.90. The molecule has 1 aliphatic rings. The SMILES string of the molecule is CCN(C(C)=O)c1nc(CNC(C)C2CCCCC2)cs1. The topological polar surface area (TPSA) is 45.2 Å². The third kappa shape index (κ3) is 4.51. The van der Waals surface area contributed by atoms with Gasteiger partial charge < -0.3 is 5.32 Å². The highest BCUT2D eigenvalue weighted by molar-refractivity contribution is 7.14. The standard InChI is InChI=1S/C16H27N3OS/c1-4-19(13(3)20)16-18-15(11-21-16)10-17-12(2)14-8-6-5-7-9-14/h11-12,14,17H,4-10H2,1-3H3. The Labute approximate surface area is 132 Å². The molecule has 1 saturated carbocycles. The zero-order valence-corrected chi connectivity index (χ0v) is 14.2. The number of thiazole rings is 1. The number of aromatic nitrogens is 1. The van der Waals surface area contributed by atoms with E-state index < -0.39 is 0 Å². The maximum Gasteiger partial charge on any atom is 0.225 e. The Bertz CT molecular complexity index is 454. The molecular formula is C16H27N3OS. The van der Waals surface area contributed by atoms with Crippen molar-refractivity contribution in [3.63, 3.8) is 0 Å². The first-order valence-corrected chi connectivity index (χ1v) is 8.95. The highest BCUT2D eigenvalue weighted by Crippen LogP contribution is 2.26. The minimum atomic E-state index is 0.0573. The molecule has 0 saturated heterocycles. The Morgan fingerprint density at radius 2 is 2.19 bits per heavy atom. The lowest BCUT2D eigenvalue weighted by molar-refractivity contribution is -0.116. The first-order chi connectivity index (χ1) is 10.1. The maximum atomic E-state index is 11.5. The van der Waals surface area contributed by atoms with Crippen molar-refractivity contribution in [2.75, 3.05) is 11.4 Å². The molecule has 1 amide bonds. The van der Waals surface area contributed by atoms with Gasteiger partial charge in [0.25, 0.3) is 0 Å². The molecule has 0 aromatic carbocycles. The highest BCUT2D eigenvalue weighted by atomic mass is 32.1. The van der Waals surface area contributed by atoms with Crippen LogP contribution in [0.5, 0.6) is 0 Å². The number of carbonyl (C=O) groups excluding carboxylic acids is 1. The van der Waals surface area contributed by atoms with Crippen molar-refractivity contribution < 1.29 is 4.79 Å². The zero-order chi connectivity index (χ0) is 15.2. The van der Waals surface area contributed by atoms with Crippen LogP contribution in [0.3, 0.4) is 0 Å². The number of carbonyl (C=O) groups is 1. The summed E-state index contributed by atoms with van der Waals surface area (Å²) < 4.78 is 0. The molecule has 1 atom stereocenters. The summed E-state index contributed by atoms with van der Waals surface area (Å²) in [6.45, 7) is 7.33. The summed E-state index contributed by atoms with van der Waals surface area (Å²) in [4.78, 5) is 17.8. The van der Waals surface area contributed by atoms with Crippen LogP contribution in [0.2, 0.25) is 0 Å². The molecule has 4 nitrogen and oxygen atoms in total. The van der Waals surface area contributed by atoms with Crippen molar-refractivity contribution in [3.8, 4) is 0 Å². The molecule has 118 valence electrons. The Morgan fingerprint density at radius 3 is 2.81 bits per heavy atom. The lowest BCUT2D eigenvalue weighted by Crippen LogP contribution is -2.34. The lowest BCUT2D eigenvalue weighted by atomic mass is 9.84. The van der Waals surface area contributed by atoms with Gasteiger partial charge in [-0.2, -0.15) is 0 Å². The molecule has 1 heterocycles. The molecule has 1 N–H and O–H groups in total. The van der Waals surface area contributed by atoms with Crippen LogP contribution >= 0.6 is 11.3 Å². The van der Waals surface area contributed by atoms with E-state index >= 15 is 0 Å². The maximum absolute atomic E-state index is 11.5. The van der Waals surface area contributed by atoms with Gasteiger partial charge in [-0.1, -0.05) is 19.3 Å². The van der Waals surface area contributed by atoms with Gasteiger partial charge in [0, 0.05) is 31.4 Å². The number of hydrogen-bond acceptors (Lipinski definition) is 4. The van der Waals surface area contributed by atoms with Gasteiger partial charge in [0.2, 0.25) is 5.91 Å². The van der Waals surface area contributed by atoms with E-state index in [2.05, 4.69) is 22.6 Å². The third-order valence-corrected chi connectivity index (χ3v) is 5.34. The first kappa shape index (κ1) is 16.4. The van der Waals surface area contributed by atoms with E-state index in [0.29, 0.717) is 12.6 Å². The Morgan fingerprint density at radius 1 is 1.48 bits per heavy atom. The average molecular weight is 309 g/mol. The van der Waals surface area contributed by atoms with Crippen LogP contribution in [-0.2, 0) is 11.3 Å². The van der Waals surface area contributed by atoms with Crippen molar-refractivity contribution in [2.45, 2.75) is 65.5 Å². The predicted molar refractivity (Wildman–Crippen MR) is 88.7 cm³/mol. The minimum Gasteiger partial charge on any atom is -0.308 e. The van der Waals surface area contributed by atoms with E-state index in [1.54, 1.807) is 23.2 Å². The molecule has 0 bridgehead atoms. The molecule has 1 aliphatic carbocycles. The second-order valence-corrected chi connectivity index (χ2v) is 6.79. The molecule has 0 aliphatic heterocycles. The van der Waals surface area contributed by atoms with Gasteiger partial charge >= 0.3 is 0 Å². The normalized spacial score (nSPS) is 17.7. The molecule has 1 aromatic rings. The summed E-state index contributed by atoms with van der Waals surface area (Å²) in [5.74, 6) is 0.864. The van der Waals surface area contributed by atoms with Crippen molar-refractivity contribution in [1.29, 1.82) is 0 Å². The van der Waals surface area contributed by atoms with E-state index in [-0.39, 0.29) is 5.91 Å². The monoisotopic (exact) mass is 309 g/mol. The van der Waals surface area contributed by atoms with Gasteiger partial charge in [-0.05, 0) is 32.6 Å². The molecule has 21 heavy (non-hydrogen) atoms. The first-order valence-electron chi connectivity index (χ1n) is 8.07. The average Bonchev–Trinajstić information content (AvgIpc) is 2.94. The lowest BCUT2D eigenvalue weighted by Gasteiger charge is -2.28. The number of rotatable bonds is 6. The molecule has 1 fully saturated rings. The number of nitrogens with zero attached hydrogens (tertiary/aromatic N) is 2. The summed E-state index contributed by atoms with van der Waals surface area (Å²) >= 11 is 1.55. The fraction of sp³-hybridized carbons (Fsp3) is 0.750. The Kier molecular flexibility index (Phi) is 6.18. The summed E-state index contributed by atoms with van der Waals surface area (Å²) in [6.07, 6.45) is 6.86. The number of hydrogen-bond donors (Lipinski definition) is 1. The third-order valence-electron chi connectivity index (χ3n) is 4.43. The number of amides is 1. The summed E-state index contributed by atoms with van der Waals surface area (Å²) in [6, 6.07) is 0.547. The van der Waals surface area contributed by atoms with Crippen LogP contribution in [0.1, 0.15) is 58.6 Å². The fourth-order valence-electron chi connectivity index (χ4n) is 3.06. The van der Waals surface area contributed by atoms with Crippen LogP contribution in [0.4, 0.5) is 5.13 Å². The summed E-state index contributed by atoms with van der Waals surface area (Å²) in [7, 11) is 0. The number of anilines is 1. The molecule has 1 aromatic heterocycles. The van der Waals surface area contributed by atoms with Crippen LogP contribution in [0.15, 0.2) is 5.38 Å². The largest absolute Gasteiger partial charge is 0.308 e. The number of nitrogens with one attached hydrogen (secondary N) is 1. The Hall–Kier alpha value is -0.940. The van der Waals surface area contributed by atoms with Crippen LogP contribution in [0, 0.1) is 5.92 Å². The molecule has 0 spiro atoms. The molecular weight excluding hydrogens is 282 g/mol.